The normalized spacial score (nSPS) is 21.3. The number of aromatic amines is 1. The Morgan fingerprint density at radius 2 is 2.22 bits per heavy atom. The van der Waals surface area contributed by atoms with E-state index in [4.69, 9.17) is 5.11 Å². The maximum Gasteiger partial charge on any atom is 0.322 e. The monoisotopic (exact) mass is 291 g/mol. The standard InChI is InChI=1S/C9H13N3O4S2/c1-5-8(6(2)11-10-5)18(15,16)12-4-17-3-7(12)9(13)14/h7H,3-4H2,1-2H3,(H,10,11)(H,13,14). The number of H-pyrrole nitrogens is 1. The first-order valence-corrected chi connectivity index (χ1v) is 7.79. The first-order chi connectivity index (χ1) is 8.35. The van der Waals surface area contributed by atoms with Crippen LogP contribution in [0.1, 0.15) is 11.4 Å². The number of aliphatic carboxylic acids is 1. The molecule has 1 unspecified atom stereocenters. The van der Waals surface area contributed by atoms with E-state index in [1.807, 2.05) is 0 Å². The molecule has 1 aliphatic heterocycles. The van der Waals surface area contributed by atoms with Crippen LogP contribution in [0.2, 0.25) is 0 Å². The number of hydrogen-bond acceptors (Lipinski definition) is 5. The van der Waals surface area contributed by atoms with E-state index in [2.05, 4.69) is 10.2 Å². The van der Waals surface area contributed by atoms with E-state index in [1.165, 1.54) is 11.8 Å². The van der Waals surface area contributed by atoms with E-state index in [1.54, 1.807) is 13.8 Å². The lowest BCUT2D eigenvalue weighted by Gasteiger charge is -2.20. The molecule has 1 aromatic heterocycles. The molecule has 9 heteroatoms. The minimum atomic E-state index is -3.81. The van der Waals surface area contributed by atoms with Crippen LogP contribution in [0.3, 0.4) is 0 Å². The van der Waals surface area contributed by atoms with Crippen molar-refractivity contribution in [1.29, 1.82) is 0 Å². The molecule has 0 bridgehead atoms. The number of thioether (sulfide) groups is 1. The lowest BCUT2D eigenvalue weighted by Crippen LogP contribution is -2.41. The van der Waals surface area contributed by atoms with E-state index in [-0.39, 0.29) is 16.5 Å². The van der Waals surface area contributed by atoms with Crippen molar-refractivity contribution >= 4 is 27.8 Å². The maximum atomic E-state index is 12.4. The summed E-state index contributed by atoms with van der Waals surface area (Å²) < 4.78 is 25.9. The quantitative estimate of drug-likeness (QED) is 0.823. The number of nitrogens with one attached hydrogen (secondary N) is 1. The van der Waals surface area contributed by atoms with Gasteiger partial charge in [-0.25, -0.2) is 8.42 Å². The summed E-state index contributed by atoms with van der Waals surface area (Å²) in [6, 6.07) is -1.01. The number of hydrogen-bond donors (Lipinski definition) is 2. The second-order valence-corrected chi connectivity index (χ2v) is 6.84. The van der Waals surface area contributed by atoms with E-state index in [9.17, 15) is 13.2 Å². The zero-order valence-corrected chi connectivity index (χ0v) is 11.5. The van der Waals surface area contributed by atoms with Crippen LogP contribution in [-0.4, -0.2) is 51.7 Å². The fraction of sp³-hybridized carbons (Fsp3) is 0.556. The smallest absolute Gasteiger partial charge is 0.322 e. The van der Waals surface area contributed by atoms with Crippen molar-refractivity contribution in [3.8, 4) is 0 Å². The van der Waals surface area contributed by atoms with E-state index in [0.717, 1.165) is 4.31 Å². The topological polar surface area (TPSA) is 103 Å². The van der Waals surface area contributed by atoms with Crippen molar-refractivity contribution in [3.05, 3.63) is 11.4 Å². The Morgan fingerprint density at radius 3 is 2.72 bits per heavy atom. The number of sulfonamides is 1. The van der Waals surface area contributed by atoms with Gasteiger partial charge >= 0.3 is 5.97 Å². The van der Waals surface area contributed by atoms with Gasteiger partial charge in [0.2, 0.25) is 10.0 Å². The van der Waals surface area contributed by atoms with Gasteiger partial charge < -0.3 is 5.11 Å². The molecule has 2 N–H and O–H groups in total. The number of carbonyl (C=O) groups is 1. The summed E-state index contributed by atoms with van der Waals surface area (Å²) >= 11 is 1.29. The highest BCUT2D eigenvalue weighted by Crippen LogP contribution is 2.30. The Labute approximate surface area is 109 Å². The van der Waals surface area contributed by atoms with Crippen LogP contribution < -0.4 is 0 Å². The van der Waals surface area contributed by atoms with Gasteiger partial charge in [-0.15, -0.1) is 11.8 Å². The molecule has 2 rings (SSSR count). The van der Waals surface area contributed by atoms with Gasteiger partial charge in [0.1, 0.15) is 10.9 Å². The second kappa shape index (κ2) is 4.56. The molecule has 7 nitrogen and oxygen atoms in total. The van der Waals surface area contributed by atoms with E-state index in [0.29, 0.717) is 11.4 Å². The highest BCUT2D eigenvalue weighted by atomic mass is 32.2. The Kier molecular flexibility index (Phi) is 3.39. The summed E-state index contributed by atoms with van der Waals surface area (Å²) in [5.74, 6) is -0.698. The third kappa shape index (κ3) is 2.02. The lowest BCUT2D eigenvalue weighted by atomic mass is 10.4. The molecule has 0 spiro atoms. The van der Waals surface area contributed by atoms with Crippen molar-refractivity contribution in [2.45, 2.75) is 24.8 Å². The zero-order valence-electron chi connectivity index (χ0n) is 9.87. The number of carboxylic acids is 1. The van der Waals surface area contributed by atoms with E-state index < -0.39 is 22.0 Å². The third-order valence-corrected chi connectivity index (χ3v) is 6.05. The highest BCUT2D eigenvalue weighted by Gasteiger charge is 2.41. The van der Waals surface area contributed by atoms with Gasteiger partial charge in [0.25, 0.3) is 0 Å². The number of rotatable bonds is 3. The van der Waals surface area contributed by atoms with Crippen molar-refractivity contribution in [1.82, 2.24) is 14.5 Å². The highest BCUT2D eigenvalue weighted by molar-refractivity contribution is 8.00. The molecule has 0 amide bonds. The Hall–Kier alpha value is -1.06. The van der Waals surface area contributed by atoms with E-state index >= 15 is 0 Å². The molecule has 0 aromatic carbocycles. The molecule has 0 aliphatic carbocycles. The average molecular weight is 291 g/mol. The van der Waals surface area contributed by atoms with Crippen LogP contribution >= 0.6 is 11.8 Å². The zero-order chi connectivity index (χ0) is 13.5. The predicted octanol–water partition coefficient (Wildman–Crippen LogP) is 0.175. The lowest BCUT2D eigenvalue weighted by molar-refractivity contribution is -0.140. The van der Waals surface area contributed by atoms with Crippen molar-refractivity contribution in [2.24, 2.45) is 0 Å². The number of aromatic nitrogens is 2. The third-order valence-electron chi connectivity index (χ3n) is 2.75. The Bertz CT molecular complexity index is 561. The summed E-state index contributed by atoms with van der Waals surface area (Å²) in [7, 11) is -3.81. The summed E-state index contributed by atoms with van der Waals surface area (Å²) in [6.45, 7) is 3.18. The van der Waals surface area contributed by atoms with Crippen molar-refractivity contribution in [3.63, 3.8) is 0 Å². The molecule has 1 atom stereocenters. The van der Waals surface area contributed by atoms with Gasteiger partial charge in [-0.1, -0.05) is 0 Å². The molecule has 1 aliphatic rings. The number of nitrogens with zero attached hydrogens (tertiary/aromatic N) is 2. The fourth-order valence-corrected chi connectivity index (χ4v) is 5.37. The van der Waals surface area contributed by atoms with Gasteiger partial charge in [0, 0.05) is 5.75 Å². The fourth-order valence-electron chi connectivity index (χ4n) is 1.90. The minimum absolute atomic E-state index is 0.0799. The largest absolute Gasteiger partial charge is 0.480 e. The van der Waals surface area contributed by atoms with Gasteiger partial charge in [-0.3, -0.25) is 9.89 Å². The van der Waals surface area contributed by atoms with Gasteiger partial charge in [0.05, 0.1) is 17.3 Å². The predicted molar refractivity (Wildman–Crippen MR) is 65.8 cm³/mol. The molecule has 0 radical (unpaired) electrons. The summed E-state index contributed by atoms with van der Waals surface area (Å²) in [5.41, 5.74) is 0.780. The van der Waals surface area contributed by atoms with Gasteiger partial charge in [-0.2, -0.15) is 9.40 Å². The minimum Gasteiger partial charge on any atom is -0.480 e. The van der Waals surface area contributed by atoms with Crippen LogP contribution in [0.15, 0.2) is 4.90 Å². The Balaban J connectivity index is 2.46. The summed E-state index contributed by atoms with van der Waals surface area (Å²) in [6.07, 6.45) is 0. The number of carboxylic acid groups (broad SMARTS) is 1. The van der Waals surface area contributed by atoms with Crippen LogP contribution in [0.4, 0.5) is 0 Å². The van der Waals surface area contributed by atoms with Crippen LogP contribution in [0, 0.1) is 13.8 Å². The molecule has 18 heavy (non-hydrogen) atoms. The SMILES string of the molecule is Cc1n[nH]c(C)c1S(=O)(=O)N1CSCC1C(=O)O. The maximum absolute atomic E-state index is 12.4. The molecule has 1 fully saturated rings. The molecule has 100 valence electrons. The first kappa shape index (κ1) is 13.4. The summed E-state index contributed by atoms with van der Waals surface area (Å²) in [4.78, 5) is 11.1. The van der Waals surface area contributed by atoms with Gasteiger partial charge in [0.15, 0.2) is 0 Å². The molecule has 0 saturated carbocycles. The number of aryl methyl sites for hydroxylation is 2. The molecule has 1 saturated heterocycles. The first-order valence-electron chi connectivity index (χ1n) is 5.19. The van der Waals surface area contributed by atoms with Crippen LogP contribution in [0.5, 0.6) is 0 Å². The molecule has 1 aromatic rings. The van der Waals surface area contributed by atoms with Crippen molar-refractivity contribution < 1.29 is 18.3 Å². The summed E-state index contributed by atoms with van der Waals surface area (Å²) in [5, 5.41) is 15.5. The van der Waals surface area contributed by atoms with Gasteiger partial charge in [-0.05, 0) is 13.8 Å². The Morgan fingerprint density at radius 1 is 1.56 bits per heavy atom. The van der Waals surface area contributed by atoms with Crippen LogP contribution in [-0.2, 0) is 14.8 Å². The molecular formula is C9H13N3O4S2. The van der Waals surface area contributed by atoms with Crippen molar-refractivity contribution in [2.75, 3.05) is 11.6 Å². The molecular weight excluding hydrogens is 278 g/mol. The average Bonchev–Trinajstić information content (AvgIpc) is 2.85. The second-order valence-electron chi connectivity index (χ2n) is 4.01. The molecule has 2 heterocycles. The van der Waals surface area contributed by atoms with Crippen LogP contribution in [0.25, 0.3) is 0 Å².